The third kappa shape index (κ3) is 0.774. The molecule has 0 bridgehead atoms. The summed E-state index contributed by atoms with van der Waals surface area (Å²) in [6, 6.07) is 5.64. The Hall–Kier alpha value is -1.51. The summed E-state index contributed by atoms with van der Waals surface area (Å²) in [4.78, 5) is 11.0. The normalized spacial score (nSPS) is 10.6. The molecule has 0 fully saturated rings. The third-order valence-corrected chi connectivity index (χ3v) is 1.82. The largest absolute Gasteiger partial charge is 0.297 e. The number of para-hydroxylation sites is 1. The van der Waals surface area contributed by atoms with Crippen molar-refractivity contribution >= 4 is 10.9 Å². The van der Waals surface area contributed by atoms with E-state index in [2.05, 4.69) is 10.2 Å². The minimum absolute atomic E-state index is 0.0521. The van der Waals surface area contributed by atoms with Crippen LogP contribution in [-0.2, 0) is 0 Å². The lowest BCUT2D eigenvalue weighted by atomic mass is 10.2. The Bertz CT molecular complexity index is 439. The number of nitrogens with one attached hydrogen (secondary N) is 2. The zero-order valence-corrected chi connectivity index (χ0v) is 6.14. The van der Waals surface area contributed by atoms with Crippen molar-refractivity contribution in [3.8, 4) is 0 Å². The van der Waals surface area contributed by atoms with Crippen molar-refractivity contribution in [3.05, 3.63) is 34.1 Å². The zero-order valence-electron chi connectivity index (χ0n) is 6.14. The number of aromatic nitrogens is 2. The number of hydrogen-bond donors (Lipinski definition) is 2. The topological polar surface area (TPSA) is 48.6 Å². The summed E-state index contributed by atoms with van der Waals surface area (Å²) < 4.78 is 0. The average molecular weight is 148 g/mol. The highest BCUT2D eigenvalue weighted by Gasteiger charge is 2.00. The summed E-state index contributed by atoms with van der Waals surface area (Å²) in [5.74, 6) is 0. The number of rotatable bonds is 0. The van der Waals surface area contributed by atoms with Gasteiger partial charge in [0, 0.05) is 0 Å². The van der Waals surface area contributed by atoms with E-state index in [-0.39, 0.29) is 5.56 Å². The number of fused-ring (bicyclic) bond motifs is 1. The molecule has 0 aliphatic carbocycles. The van der Waals surface area contributed by atoms with Gasteiger partial charge in [-0.05, 0) is 18.6 Å². The van der Waals surface area contributed by atoms with Crippen molar-refractivity contribution in [2.24, 2.45) is 0 Å². The lowest BCUT2D eigenvalue weighted by molar-refractivity contribution is 1.08. The van der Waals surface area contributed by atoms with Crippen molar-refractivity contribution in [2.45, 2.75) is 6.92 Å². The smallest absolute Gasteiger partial charge is 0.271 e. The minimum Gasteiger partial charge on any atom is -0.297 e. The third-order valence-electron chi connectivity index (χ3n) is 1.82. The van der Waals surface area contributed by atoms with Crippen molar-refractivity contribution < 1.29 is 0 Å². The fourth-order valence-electron chi connectivity index (χ4n) is 1.21. The van der Waals surface area contributed by atoms with Crippen LogP contribution in [0.25, 0.3) is 10.9 Å². The van der Waals surface area contributed by atoms with Crippen LogP contribution in [0.1, 0.15) is 5.56 Å². The molecular formula is C8H8N2O. The summed E-state index contributed by atoms with van der Waals surface area (Å²) in [5, 5.41) is 6.08. The maximum absolute atomic E-state index is 11.0. The van der Waals surface area contributed by atoms with Gasteiger partial charge in [-0.25, -0.2) is 0 Å². The van der Waals surface area contributed by atoms with Crippen molar-refractivity contribution in [1.29, 1.82) is 0 Å². The van der Waals surface area contributed by atoms with Gasteiger partial charge in [0.2, 0.25) is 0 Å². The van der Waals surface area contributed by atoms with Gasteiger partial charge in [-0.1, -0.05) is 12.1 Å². The van der Waals surface area contributed by atoms with Crippen LogP contribution in [0.3, 0.4) is 0 Å². The second-order valence-electron chi connectivity index (χ2n) is 2.58. The Morgan fingerprint density at radius 3 is 2.82 bits per heavy atom. The quantitative estimate of drug-likeness (QED) is 0.578. The van der Waals surface area contributed by atoms with Crippen LogP contribution in [0.15, 0.2) is 23.0 Å². The van der Waals surface area contributed by atoms with Gasteiger partial charge in [0.25, 0.3) is 5.56 Å². The van der Waals surface area contributed by atoms with E-state index in [0.29, 0.717) is 0 Å². The second-order valence-corrected chi connectivity index (χ2v) is 2.58. The molecule has 0 amide bonds. The molecule has 2 rings (SSSR count). The molecular weight excluding hydrogens is 140 g/mol. The Kier molecular flexibility index (Phi) is 1.12. The Balaban J connectivity index is 3.06. The summed E-state index contributed by atoms with van der Waals surface area (Å²) in [5.41, 5.74) is 1.93. The first-order valence-corrected chi connectivity index (χ1v) is 3.45. The van der Waals surface area contributed by atoms with Crippen LogP contribution in [-0.4, -0.2) is 10.2 Å². The fourth-order valence-corrected chi connectivity index (χ4v) is 1.21. The molecule has 0 unspecified atom stereocenters. The molecule has 0 saturated carbocycles. The number of H-pyrrole nitrogens is 2. The highest BCUT2D eigenvalue weighted by atomic mass is 16.1. The van der Waals surface area contributed by atoms with Gasteiger partial charge >= 0.3 is 0 Å². The zero-order chi connectivity index (χ0) is 7.84. The lowest BCUT2D eigenvalue weighted by Gasteiger charge is -1.90. The van der Waals surface area contributed by atoms with E-state index in [1.54, 1.807) is 6.07 Å². The average Bonchev–Trinajstić information content (AvgIpc) is 2.35. The molecule has 0 aliphatic heterocycles. The molecule has 1 aromatic heterocycles. The number of benzene rings is 1. The Labute approximate surface area is 63.0 Å². The van der Waals surface area contributed by atoms with Crippen molar-refractivity contribution in [3.63, 3.8) is 0 Å². The molecule has 0 radical (unpaired) electrons. The minimum atomic E-state index is -0.0521. The van der Waals surface area contributed by atoms with Crippen LogP contribution >= 0.6 is 0 Å². The van der Waals surface area contributed by atoms with Crippen molar-refractivity contribution in [1.82, 2.24) is 10.2 Å². The molecule has 3 nitrogen and oxygen atoms in total. The summed E-state index contributed by atoms with van der Waals surface area (Å²) >= 11 is 0. The van der Waals surface area contributed by atoms with Gasteiger partial charge in [0.05, 0.1) is 10.9 Å². The van der Waals surface area contributed by atoms with Crippen LogP contribution in [0, 0.1) is 6.92 Å². The van der Waals surface area contributed by atoms with E-state index < -0.39 is 0 Å². The van der Waals surface area contributed by atoms with Gasteiger partial charge in [0.15, 0.2) is 0 Å². The Morgan fingerprint density at radius 1 is 1.27 bits per heavy atom. The molecule has 3 heteroatoms. The molecule has 0 spiro atoms. The number of aromatic amines is 2. The molecule has 0 atom stereocenters. The SMILES string of the molecule is Cc1cccc2c(=O)[nH][nH]c12. The van der Waals surface area contributed by atoms with E-state index in [4.69, 9.17) is 0 Å². The summed E-state index contributed by atoms with van der Waals surface area (Å²) in [6.07, 6.45) is 0. The predicted octanol–water partition coefficient (Wildman–Crippen LogP) is 1.16. The predicted molar refractivity (Wildman–Crippen MR) is 43.7 cm³/mol. The van der Waals surface area contributed by atoms with Crippen LogP contribution in [0.4, 0.5) is 0 Å². The van der Waals surface area contributed by atoms with Gasteiger partial charge in [-0.2, -0.15) is 0 Å². The van der Waals surface area contributed by atoms with E-state index in [1.165, 1.54) is 0 Å². The van der Waals surface area contributed by atoms with E-state index in [9.17, 15) is 4.79 Å². The number of hydrogen-bond acceptors (Lipinski definition) is 1. The van der Waals surface area contributed by atoms with Gasteiger partial charge in [-0.15, -0.1) is 0 Å². The maximum Gasteiger partial charge on any atom is 0.271 e. The Morgan fingerprint density at radius 2 is 2.09 bits per heavy atom. The molecule has 1 aromatic carbocycles. The van der Waals surface area contributed by atoms with Crippen LogP contribution < -0.4 is 5.56 Å². The first-order chi connectivity index (χ1) is 5.29. The van der Waals surface area contributed by atoms with Crippen LogP contribution in [0.2, 0.25) is 0 Å². The molecule has 56 valence electrons. The lowest BCUT2D eigenvalue weighted by Crippen LogP contribution is -1.96. The maximum atomic E-state index is 11.0. The van der Waals surface area contributed by atoms with Crippen LogP contribution in [0.5, 0.6) is 0 Å². The van der Waals surface area contributed by atoms with E-state index in [1.807, 2.05) is 19.1 Å². The molecule has 1 heterocycles. The monoisotopic (exact) mass is 148 g/mol. The first-order valence-electron chi connectivity index (χ1n) is 3.45. The molecule has 11 heavy (non-hydrogen) atoms. The van der Waals surface area contributed by atoms with Gasteiger partial charge < -0.3 is 0 Å². The fraction of sp³-hybridized carbons (Fsp3) is 0.125. The second kappa shape index (κ2) is 1.99. The van der Waals surface area contributed by atoms with Gasteiger partial charge in [-0.3, -0.25) is 15.0 Å². The molecule has 0 saturated heterocycles. The first kappa shape index (κ1) is 6.22. The van der Waals surface area contributed by atoms with Gasteiger partial charge in [0.1, 0.15) is 0 Å². The summed E-state index contributed by atoms with van der Waals surface area (Å²) in [6.45, 7) is 1.96. The van der Waals surface area contributed by atoms with E-state index >= 15 is 0 Å². The molecule has 2 N–H and O–H groups in total. The highest BCUT2D eigenvalue weighted by molar-refractivity contribution is 5.80. The van der Waals surface area contributed by atoms with E-state index in [0.717, 1.165) is 16.5 Å². The summed E-state index contributed by atoms with van der Waals surface area (Å²) in [7, 11) is 0. The van der Waals surface area contributed by atoms with Crippen molar-refractivity contribution in [2.75, 3.05) is 0 Å². The standard InChI is InChI=1S/C8H8N2O/c1-5-3-2-4-6-7(5)9-10-8(6)11/h2-4H,1H3,(H2,9,10,11). The number of aryl methyl sites for hydroxylation is 1. The highest BCUT2D eigenvalue weighted by Crippen LogP contribution is 2.09. The molecule has 0 aliphatic rings. The molecule has 2 aromatic rings.